The number of halogens is 1. The molecule has 10 nitrogen and oxygen atoms in total. The van der Waals surface area contributed by atoms with Crippen LogP contribution < -0.4 is 20.7 Å². The summed E-state index contributed by atoms with van der Waals surface area (Å²) in [6, 6.07) is 3.56. The van der Waals surface area contributed by atoms with Gasteiger partial charge in [-0.1, -0.05) is 15.9 Å². The molecule has 3 aromatic rings. The van der Waals surface area contributed by atoms with Crippen LogP contribution in [0.3, 0.4) is 0 Å². The Morgan fingerprint density at radius 2 is 1.87 bits per heavy atom. The topological polar surface area (TPSA) is 107 Å². The Morgan fingerprint density at radius 3 is 2.60 bits per heavy atom. The average molecular weight is 479 g/mol. The second kappa shape index (κ2) is 7.98. The SMILES string of the molecule is Cn1c(=O)c2c(ncn2CCC(=O)OCc2cc3c(cc2Br)OCCO3)n(C)c1=O. The first-order chi connectivity index (χ1) is 14.4. The number of rotatable bonds is 5. The van der Waals surface area contributed by atoms with Crippen molar-refractivity contribution in [2.45, 2.75) is 19.6 Å². The maximum Gasteiger partial charge on any atom is 0.332 e. The molecule has 0 aliphatic carbocycles. The molecular formula is C19H19BrN4O6. The monoisotopic (exact) mass is 478 g/mol. The third-order valence-corrected chi connectivity index (χ3v) is 5.61. The van der Waals surface area contributed by atoms with Crippen molar-refractivity contribution in [2.75, 3.05) is 13.2 Å². The molecule has 0 saturated carbocycles. The van der Waals surface area contributed by atoms with E-state index in [1.54, 1.807) is 23.7 Å². The second-order valence-corrected chi connectivity index (χ2v) is 7.67. The minimum absolute atomic E-state index is 0.0413. The number of carbonyl (C=O) groups is 1. The fourth-order valence-corrected chi connectivity index (χ4v) is 3.66. The van der Waals surface area contributed by atoms with Gasteiger partial charge in [-0.05, 0) is 12.1 Å². The summed E-state index contributed by atoms with van der Waals surface area (Å²) in [5.41, 5.74) is 0.379. The number of hydrogen-bond donors (Lipinski definition) is 0. The van der Waals surface area contributed by atoms with Gasteiger partial charge in [-0.25, -0.2) is 9.78 Å². The first-order valence-corrected chi connectivity index (χ1v) is 10.0. The molecule has 0 N–H and O–H groups in total. The standard InChI is InChI=1S/C19H19BrN4O6/c1-22-17-16(18(26)23(2)19(22)27)24(10-21-17)4-3-15(25)30-9-11-7-13-14(8-12(11)20)29-6-5-28-13/h7-8,10H,3-6,9H2,1-2H3. The molecule has 4 rings (SSSR count). The highest BCUT2D eigenvalue weighted by Crippen LogP contribution is 2.35. The molecule has 30 heavy (non-hydrogen) atoms. The van der Waals surface area contributed by atoms with E-state index < -0.39 is 17.2 Å². The van der Waals surface area contributed by atoms with Gasteiger partial charge < -0.3 is 18.8 Å². The Labute approximate surface area is 178 Å². The zero-order chi connectivity index (χ0) is 21.4. The van der Waals surface area contributed by atoms with Crippen molar-refractivity contribution in [3.05, 3.63) is 49.3 Å². The normalized spacial score (nSPS) is 12.9. The van der Waals surface area contributed by atoms with Crippen LogP contribution in [-0.2, 0) is 36.8 Å². The van der Waals surface area contributed by atoms with Crippen molar-refractivity contribution in [2.24, 2.45) is 14.1 Å². The van der Waals surface area contributed by atoms with Gasteiger partial charge in [-0.15, -0.1) is 0 Å². The van der Waals surface area contributed by atoms with Gasteiger partial charge in [0, 0.05) is 30.7 Å². The van der Waals surface area contributed by atoms with Gasteiger partial charge in [0.05, 0.1) is 12.7 Å². The minimum Gasteiger partial charge on any atom is -0.486 e. The average Bonchev–Trinajstić information content (AvgIpc) is 3.17. The van der Waals surface area contributed by atoms with E-state index in [4.69, 9.17) is 14.2 Å². The number of hydrogen-bond acceptors (Lipinski definition) is 7. The summed E-state index contributed by atoms with van der Waals surface area (Å²) in [4.78, 5) is 40.8. The number of fused-ring (bicyclic) bond motifs is 2. The van der Waals surface area contributed by atoms with Gasteiger partial charge in [-0.3, -0.25) is 18.7 Å². The summed E-state index contributed by atoms with van der Waals surface area (Å²) in [6.45, 7) is 1.23. The summed E-state index contributed by atoms with van der Waals surface area (Å²) in [5.74, 6) is 0.827. The Balaban J connectivity index is 1.44. The lowest BCUT2D eigenvalue weighted by Crippen LogP contribution is -2.37. The van der Waals surface area contributed by atoms with Crippen LogP contribution in [0.2, 0.25) is 0 Å². The quantitative estimate of drug-likeness (QED) is 0.505. The number of carbonyl (C=O) groups excluding carboxylic acids is 1. The van der Waals surface area contributed by atoms with E-state index >= 15 is 0 Å². The van der Waals surface area contributed by atoms with Gasteiger partial charge in [-0.2, -0.15) is 0 Å². The molecule has 3 heterocycles. The summed E-state index contributed by atoms with van der Waals surface area (Å²) in [7, 11) is 2.95. The predicted octanol–water partition coefficient (Wildman–Crippen LogP) is 1.10. The van der Waals surface area contributed by atoms with Crippen molar-refractivity contribution >= 4 is 33.1 Å². The van der Waals surface area contributed by atoms with Gasteiger partial charge in [0.1, 0.15) is 19.8 Å². The van der Waals surface area contributed by atoms with Crippen molar-refractivity contribution < 1.29 is 19.0 Å². The first-order valence-electron chi connectivity index (χ1n) is 9.21. The van der Waals surface area contributed by atoms with Crippen LogP contribution in [0.5, 0.6) is 11.5 Å². The highest BCUT2D eigenvalue weighted by atomic mass is 79.9. The van der Waals surface area contributed by atoms with Gasteiger partial charge in [0.15, 0.2) is 22.7 Å². The molecule has 0 saturated heterocycles. The van der Waals surface area contributed by atoms with Crippen LogP contribution in [0.25, 0.3) is 11.2 Å². The third-order valence-electron chi connectivity index (χ3n) is 4.87. The fourth-order valence-electron chi connectivity index (χ4n) is 3.23. The number of nitrogens with zero attached hydrogens (tertiary/aromatic N) is 4. The second-order valence-electron chi connectivity index (χ2n) is 6.81. The molecular weight excluding hydrogens is 460 g/mol. The lowest BCUT2D eigenvalue weighted by molar-refractivity contribution is -0.145. The van der Waals surface area contributed by atoms with Crippen molar-refractivity contribution in [3.8, 4) is 11.5 Å². The third kappa shape index (κ3) is 3.60. The van der Waals surface area contributed by atoms with E-state index in [1.807, 2.05) is 0 Å². The first kappa shape index (κ1) is 20.2. The van der Waals surface area contributed by atoms with E-state index in [0.29, 0.717) is 24.7 Å². The summed E-state index contributed by atoms with van der Waals surface area (Å²) in [6.07, 6.45) is 1.48. The molecule has 0 amide bonds. The zero-order valence-corrected chi connectivity index (χ0v) is 18.0. The van der Waals surface area contributed by atoms with Crippen LogP contribution in [0.1, 0.15) is 12.0 Å². The maximum atomic E-state index is 12.4. The van der Waals surface area contributed by atoms with Crippen molar-refractivity contribution in [1.29, 1.82) is 0 Å². The number of aryl methyl sites for hydroxylation is 2. The smallest absolute Gasteiger partial charge is 0.332 e. The van der Waals surface area contributed by atoms with Gasteiger partial charge in [0.25, 0.3) is 5.56 Å². The Bertz CT molecular complexity index is 1260. The van der Waals surface area contributed by atoms with Crippen molar-refractivity contribution in [1.82, 2.24) is 18.7 Å². The van der Waals surface area contributed by atoms with Crippen molar-refractivity contribution in [3.63, 3.8) is 0 Å². The maximum absolute atomic E-state index is 12.4. The van der Waals surface area contributed by atoms with E-state index in [0.717, 1.165) is 14.6 Å². The number of imidazole rings is 1. The molecule has 0 atom stereocenters. The molecule has 1 aliphatic rings. The molecule has 0 radical (unpaired) electrons. The number of benzene rings is 1. The van der Waals surface area contributed by atoms with E-state index in [9.17, 15) is 14.4 Å². The molecule has 2 aromatic heterocycles. The summed E-state index contributed by atoms with van der Waals surface area (Å²) in [5, 5.41) is 0. The molecule has 1 aliphatic heterocycles. The van der Waals surface area contributed by atoms with Crippen LogP contribution in [0.4, 0.5) is 0 Å². The van der Waals surface area contributed by atoms with Crippen LogP contribution >= 0.6 is 15.9 Å². The molecule has 11 heteroatoms. The highest BCUT2D eigenvalue weighted by molar-refractivity contribution is 9.10. The Hall–Kier alpha value is -3.08. The summed E-state index contributed by atoms with van der Waals surface area (Å²) >= 11 is 3.45. The lowest BCUT2D eigenvalue weighted by atomic mass is 10.2. The fraction of sp³-hybridized carbons (Fsp3) is 0.368. The van der Waals surface area contributed by atoms with E-state index in [1.165, 1.54) is 17.9 Å². The molecule has 0 spiro atoms. The van der Waals surface area contributed by atoms with Crippen LogP contribution in [-0.4, -0.2) is 37.9 Å². The molecule has 0 fully saturated rings. The number of aromatic nitrogens is 4. The Morgan fingerprint density at radius 1 is 1.17 bits per heavy atom. The highest BCUT2D eigenvalue weighted by Gasteiger charge is 2.17. The molecule has 1 aromatic carbocycles. The lowest BCUT2D eigenvalue weighted by Gasteiger charge is -2.19. The zero-order valence-electron chi connectivity index (χ0n) is 16.4. The Kier molecular flexibility index (Phi) is 5.37. The molecule has 158 valence electrons. The molecule has 0 unspecified atom stereocenters. The van der Waals surface area contributed by atoms with Crippen LogP contribution in [0.15, 0.2) is 32.5 Å². The number of ether oxygens (including phenoxy) is 3. The van der Waals surface area contributed by atoms with Crippen LogP contribution in [0, 0.1) is 0 Å². The number of esters is 1. The molecule has 0 bridgehead atoms. The van der Waals surface area contributed by atoms with E-state index in [-0.39, 0.29) is 30.7 Å². The minimum atomic E-state index is -0.459. The predicted molar refractivity (Wildman–Crippen MR) is 110 cm³/mol. The largest absolute Gasteiger partial charge is 0.486 e. The van der Waals surface area contributed by atoms with E-state index in [2.05, 4.69) is 20.9 Å². The summed E-state index contributed by atoms with van der Waals surface area (Å²) < 4.78 is 21.0. The van der Waals surface area contributed by atoms with Gasteiger partial charge >= 0.3 is 11.7 Å². The van der Waals surface area contributed by atoms with Gasteiger partial charge in [0.2, 0.25) is 0 Å².